The molecule has 6 nitrogen and oxygen atoms in total. The van der Waals surface area contributed by atoms with Gasteiger partial charge in [0, 0.05) is 5.69 Å². The van der Waals surface area contributed by atoms with Gasteiger partial charge in [0.15, 0.2) is 0 Å². The lowest BCUT2D eigenvalue weighted by Crippen LogP contribution is -2.55. The standard InChI is InChI=1S/C13H19N3O3/c1-8-7-10(16-15-8)11(17)14-13(2)6-4-3-5-9(13)12(18)19/h7,9H,3-6H2,1-2H3,(H,14,17)(H,15,16)(H,18,19). The second-order valence-corrected chi connectivity index (χ2v) is 5.44. The minimum atomic E-state index is -0.847. The Bertz CT molecular complexity index is 497. The highest BCUT2D eigenvalue weighted by molar-refractivity contribution is 5.93. The van der Waals surface area contributed by atoms with Crippen LogP contribution in [0.25, 0.3) is 0 Å². The molecule has 0 spiro atoms. The lowest BCUT2D eigenvalue weighted by Gasteiger charge is -2.39. The number of nitrogens with one attached hydrogen (secondary N) is 2. The number of aromatic nitrogens is 2. The largest absolute Gasteiger partial charge is 0.481 e. The van der Waals surface area contributed by atoms with Gasteiger partial charge in [-0.1, -0.05) is 12.8 Å². The van der Waals surface area contributed by atoms with Gasteiger partial charge in [0.2, 0.25) is 0 Å². The molecule has 1 aromatic heterocycles. The summed E-state index contributed by atoms with van der Waals surface area (Å²) in [6, 6.07) is 1.65. The average molecular weight is 265 g/mol. The van der Waals surface area contributed by atoms with Gasteiger partial charge in [-0.15, -0.1) is 0 Å². The Labute approximate surface area is 111 Å². The van der Waals surface area contributed by atoms with Gasteiger partial charge in [0.05, 0.1) is 11.5 Å². The zero-order valence-corrected chi connectivity index (χ0v) is 11.2. The van der Waals surface area contributed by atoms with E-state index in [4.69, 9.17) is 0 Å². The monoisotopic (exact) mass is 265 g/mol. The smallest absolute Gasteiger partial charge is 0.308 e. The van der Waals surface area contributed by atoms with Crippen LogP contribution in [-0.4, -0.2) is 32.7 Å². The number of H-pyrrole nitrogens is 1. The Morgan fingerprint density at radius 3 is 2.84 bits per heavy atom. The van der Waals surface area contributed by atoms with Gasteiger partial charge in [-0.2, -0.15) is 5.10 Å². The summed E-state index contributed by atoms with van der Waals surface area (Å²) in [5.74, 6) is -1.70. The maximum absolute atomic E-state index is 12.1. The maximum Gasteiger partial charge on any atom is 0.308 e. The van der Waals surface area contributed by atoms with Gasteiger partial charge in [-0.3, -0.25) is 14.7 Å². The van der Waals surface area contributed by atoms with Crippen molar-refractivity contribution in [3.05, 3.63) is 17.5 Å². The van der Waals surface area contributed by atoms with E-state index in [0.717, 1.165) is 18.5 Å². The fourth-order valence-corrected chi connectivity index (χ4v) is 2.74. The second-order valence-electron chi connectivity index (χ2n) is 5.44. The van der Waals surface area contributed by atoms with E-state index in [2.05, 4.69) is 15.5 Å². The number of carbonyl (C=O) groups is 2. The van der Waals surface area contributed by atoms with E-state index in [1.165, 1.54) is 0 Å². The third-order valence-electron chi connectivity index (χ3n) is 3.84. The first-order valence-corrected chi connectivity index (χ1v) is 6.50. The van der Waals surface area contributed by atoms with Crippen LogP contribution < -0.4 is 5.32 Å². The van der Waals surface area contributed by atoms with Crippen molar-refractivity contribution in [2.45, 2.75) is 45.1 Å². The van der Waals surface area contributed by atoms with Gasteiger partial charge < -0.3 is 10.4 Å². The van der Waals surface area contributed by atoms with Crippen molar-refractivity contribution in [1.82, 2.24) is 15.5 Å². The highest BCUT2D eigenvalue weighted by atomic mass is 16.4. The summed E-state index contributed by atoms with van der Waals surface area (Å²) in [5.41, 5.74) is 0.399. The van der Waals surface area contributed by atoms with Crippen molar-refractivity contribution >= 4 is 11.9 Å². The quantitative estimate of drug-likeness (QED) is 0.771. The van der Waals surface area contributed by atoms with E-state index in [9.17, 15) is 14.7 Å². The number of aromatic amines is 1. The Balaban J connectivity index is 2.15. The molecule has 2 rings (SSSR count). The van der Waals surface area contributed by atoms with Gasteiger partial charge in [0.25, 0.3) is 5.91 Å². The molecule has 1 aliphatic rings. The summed E-state index contributed by atoms with van der Waals surface area (Å²) in [7, 11) is 0. The SMILES string of the molecule is Cc1cc(C(=O)NC2(C)CCCCC2C(=O)O)n[nH]1. The first-order chi connectivity index (χ1) is 8.92. The Morgan fingerprint density at radius 2 is 2.26 bits per heavy atom. The third-order valence-corrected chi connectivity index (χ3v) is 3.84. The molecule has 1 saturated carbocycles. The van der Waals surface area contributed by atoms with Crippen LogP contribution in [0, 0.1) is 12.8 Å². The first kappa shape index (κ1) is 13.6. The Hall–Kier alpha value is -1.85. The summed E-state index contributed by atoms with van der Waals surface area (Å²) in [5, 5.41) is 18.7. The zero-order valence-electron chi connectivity index (χ0n) is 11.2. The van der Waals surface area contributed by atoms with E-state index in [-0.39, 0.29) is 5.91 Å². The van der Waals surface area contributed by atoms with Crippen LogP contribution in [0.3, 0.4) is 0 Å². The number of nitrogens with zero attached hydrogens (tertiary/aromatic N) is 1. The molecule has 104 valence electrons. The molecule has 0 radical (unpaired) electrons. The number of rotatable bonds is 3. The van der Waals surface area contributed by atoms with E-state index in [0.29, 0.717) is 18.5 Å². The molecule has 6 heteroatoms. The van der Waals surface area contributed by atoms with Gasteiger partial charge in [0.1, 0.15) is 5.69 Å². The maximum atomic E-state index is 12.1. The molecule has 2 atom stereocenters. The van der Waals surface area contributed by atoms with Crippen LogP contribution in [0.2, 0.25) is 0 Å². The Kier molecular flexibility index (Phi) is 3.59. The van der Waals surface area contributed by atoms with Gasteiger partial charge in [-0.05, 0) is 32.8 Å². The molecule has 2 unspecified atom stereocenters. The van der Waals surface area contributed by atoms with Crippen LogP contribution in [-0.2, 0) is 4.79 Å². The number of aryl methyl sites for hydroxylation is 1. The molecule has 1 fully saturated rings. The van der Waals surface area contributed by atoms with Crippen LogP contribution >= 0.6 is 0 Å². The van der Waals surface area contributed by atoms with Crippen molar-refractivity contribution in [2.24, 2.45) is 5.92 Å². The van der Waals surface area contributed by atoms with Crippen molar-refractivity contribution in [3.8, 4) is 0 Å². The average Bonchev–Trinajstić information content (AvgIpc) is 2.75. The van der Waals surface area contributed by atoms with E-state index in [1.807, 2.05) is 13.8 Å². The number of carboxylic acid groups (broad SMARTS) is 1. The summed E-state index contributed by atoms with van der Waals surface area (Å²) in [6.45, 7) is 3.62. The predicted octanol–water partition coefficient (Wildman–Crippen LogP) is 1.48. The number of carboxylic acids is 1. The fourth-order valence-electron chi connectivity index (χ4n) is 2.74. The highest BCUT2D eigenvalue weighted by Crippen LogP contribution is 2.34. The number of amides is 1. The lowest BCUT2D eigenvalue weighted by molar-refractivity contribution is -0.145. The van der Waals surface area contributed by atoms with Crippen LogP contribution in [0.1, 0.15) is 48.8 Å². The van der Waals surface area contributed by atoms with Crippen molar-refractivity contribution in [3.63, 3.8) is 0 Å². The van der Waals surface area contributed by atoms with E-state index in [1.54, 1.807) is 6.07 Å². The van der Waals surface area contributed by atoms with Gasteiger partial charge >= 0.3 is 5.97 Å². The molecule has 0 saturated heterocycles. The molecule has 1 amide bonds. The second kappa shape index (κ2) is 5.03. The normalized spacial score (nSPS) is 26.9. The molecular formula is C13H19N3O3. The summed E-state index contributed by atoms with van der Waals surface area (Å²) >= 11 is 0. The molecule has 19 heavy (non-hydrogen) atoms. The number of aliphatic carboxylic acids is 1. The molecule has 3 N–H and O–H groups in total. The molecule has 0 aliphatic heterocycles. The molecular weight excluding hydrogens is 246 g/mol. The highest BCUT2D eigenvalue weighted by Gasteiger charge is 2.42. The van der Waals surface area contributed by atoms with Gasteiger partial charge in [-0.25, -0.2) is 0 Å². The minimum absolute atomic E-state index is 0.299. The van der Waals surface area contributed by atoms with E-state index < -0.39 is 17.4 Å². The zero-order chi connectivity index (χ0) is 14.0. The minimum Gasteiger partial charge on any atom is -0.481 e. The molecule has 1 heterocycles. The van der Waals surface area contributed by atoms with Crippen LogP contribution in [0.5, 0.6) is 0 Å². The number of hydrogen-bond acceptors (Lipinski definition) is 3. The molecule has 0 aromatic carbocycles. The fraction of sp³-hybridized carbons (Fsp3) is 0.615. The topological polar surface area (TPSA) is 95.1 Å². The molecule has 1 aliphatic carbocycles. The third kappa shape index (κ3) is 2.77. The first-order valence-electron chi connectivity index (χ1n) is 6.50. The number of hydrogen-bond donors (Lipinski definition) is 3. The lowest BCUT2D eigenvalue weighted by atomic mass is 9.74. The van der Waals surface area contributed by atoms with Crippen LogP contribution in [0.15, 0.2) is 6.07 Å². The summed E-state index contributed by atoms with van der Waals surface area (Å²) < 4.78 is 0. The number of carbonyl (C=O) groups excluding carboxylic acids is 1. The summed E-state index contributed by atoms with van der Waals surface area (Å²) in [4.78, 5) is 23.4. The van der Waals surface area contributed by atoms with Crippen molar-refractivity contribution in [1.29, 1.82) is 0 Å². The predicted molar refractivity (Wildman–Crippen MR) is 68.8 cm³/mol. The van der Waals surface area contributed by atoms with E-state index >= 15 is 0 Å². The molecule has 1 aromatic rings. The van der Waals surface area contributed by atoms with Crippen molar-refractivity contribution in [2.75, 3.05) is 0 Å². The molecule has 0 bridgehead atoms. The summed E-state index contributed by atoms with van der Waals surface area (Å²) in [6.07, 6.45) is 3.11. The Morgan fingerprint density at radius 1 is 1.53 bits per heavy atom. The van der Waals surface area contributed by atoms with Crippen LogP contribution in [0.4, 0.5) is 0 Å². The van der Waals surface area contributed by atoms with Crippen molar-refractivity contribution < 1.29 is 14.7 Å².